The Morgan fingerprint density at radius 3 is 2.12 bits per heavy atom. The van der Waals surface area contributed by atoms with Gasteiger partial charge in [-0.1, -0.05) is 29.8 Å². The maximum absolute atomic E-state index is 5.21. The number of hydrogen-bond acceptors (Lipinski definition) is 1. The number of thiocarbonyl (C=S) groups is 1. The summed E-state index contributed by atoms with van der Waals surface area (Å²) >= 11 is 5.21. The quantitative estimate of drug-likeness (QED) is 0.789. The lowest BCUT2D eigenvalue weighted by Gasteiger charge is -2.19. The Kier molecular flexibility index (Phi) is 4.74. The van der Waals surface area contributed by atoms with Gasteiger partial charge in [-0.15, -0.1) is 0 Å². The van der Waals surface area contributed by atoms with Gasteiger partial charge in [0.15, 0.2) is 5.11 Å². The summed E-state index contributed by atoms with van der Waals surface area (Å²) in [6.07, 6.45) is 0. The summed E-state index contributed by atoms with van der Waals surface area (Å²) in [6, 6.07) is 9.10. The van der Waals surface area contributed by atoms with Crippen molar-refractivity contribution in [3.8, 4) is 0 Å². The van der Waals surface area contributed by atoms with Crippen LogP contribution in [0.4, 0.5) is 0 Å². The summed E-state index contributed by atoms with van der Waals surface area (Å²) in [7, 11) is 0. The third kappa shape index (κ3) is 4.19. The number of rotatable bonds is 3. The van der Waals surface area contributed by atoms with Crippen LogP contribution in [0.25, 0.3) is 0 Å². The van der Waals surface area contributed by atoms with Crippen LogP contribution in [0, 0.1) is 6.92 Å². The molecular formula is C13H20N2S. The van der Waals surface area contributed by atoms with Gasteiger partial charge in [0, 0.05) is 6.04 Å². The maximum atomic E-state index is 5.21. The second-order valence-corrected chi connectivity index (χ2v) is 4.81. The monoisotopic (exact) mass is 236 g/mol. The van der Waals surface area contributed by atoms with Crippen molar-refractivity contribution in [3.63, 3.8) is 0 Å². The lowest BCUT2D eigenvalue weighted by molar-refractivity contribution is 0.663. The van der Waals surface area contributed by atoms with Gasteiger partial charge in [0.2, 0.25) is 0 Å². The zero-order chi connectivity index (χ0) is 12.1. The molecule has 0 aliphatic heterocycles. The molecule has 0 saturated heterocycles. The van der Waals surface area contributed by atoms with Crippen LogP contribution in [0.15, 0.2) is 24.3 Å². The van der Waals surface area contributed by atoms with Gasteiger partial charge >= 0.3 is 0 Å². The molecule has 1 atom stereocenters. The summed E-state index contributed by atoms with van der Waals surface area (Å²) in [5, 5.41) is 7.15. The minimum Gasteiger partial charge on any atom is -0.361 e. The van der Waals surface area contributed by atoms with E-state index < -0.39 is 0 Å². The summed E-state index contributed by atoms with van der Waals surface area (Å²) < 4.78 is 0. The average Bonchev–Trinajstić information content (AvgIpc) is 2.16. The average molecular weight is 236 g/mol. The molecule has 1 rings (SSSR count). The third-order valence-electron chi connectivity index (χ3n) is 2.34. The lowest BCUT2D eigenvalue weighted by Crippen LogP contribution is -2.40. The van der Waals surface area contributed by atoms with Crippen LogP contribution in [0.5, 0.6) is 0 Å². The molecule has 0 radical (unpaired) electrons. The molecular weight excluding hydrogens is 216 g/mol. The number of hydrogen-bond donors (Lipinski definition) is 2. The molecule has 88 valence electrons. The van der Waals surface area contributed by atoms with Crippen LogP contribution in [-0.2, 0) is 0 Å². The van der Waals surface area contributed by atoms with Crippen molar-refractivity contribution in [2.75, 3.05) is 0 Å². The summed E-state index contributed by atoms with van der Waals surface area (Å²) in [5.41, 5.74) is 2.53. The molecule has 0 aromatic heterocycles. The summed E-state index contributed by atoms with van der Waals surface area (Å²) in [5.74, 6) is 0. The van der Waals surface area contributed by atoms with E-state index in [2.05, 4.69) is 62.6 Å². The second kappa shape index (κ2) is 5.85. The molecule has 0 aliphatic rings. The molecule has 1 aromatic carbocycles. The Bertz CT molecular complexity index is 343. The van der Waals surface area contributed by atoms with E-state index >= 15 is 0 Å². The molecule has 3 heteroatoms. The SMILES string of the molecule is Cc1ccc(C(C)NC(=S)NC(C)C)cc1. The van der Waals surface area contributed by atoms with Crippen molar-refractivity contribution in [3.05, 3.63) is 35.4 Å². The Morgan fingerprint density at radius 2 is 1.62 bits per heavy atom. The van der Waals surface area contributed by atoms with E-state index in [9.17, 15) is 0 Å². The molecule has 0 heterocycles. The standard InChI is InChI=1S/C13H20N2S/c1-9(2)14-13(16)15-11(4)12-7-5-10(3)6-8-12/h5-9,11H,1-4H3,(H2,14,15,16). The number of nitrogens with one attached hydrogen (secondary N) is 2. The molecule has 2 N–H and O–H groups in total. The molecule has 0 bridgehead atoms. The van der Waals surface area contributed by atoms with Crippen molar-refractivity contribution < 1.29 is 0 Å². The van der Waals surface area contributed by atoms with Gasteiger partial charge in [-0.05, 0) is 45.5 Å². The van der Waals surface area contributed by atoms with Crippen molar-refractivity contribution in [2.45, 2.75) is 39.8 Å². The molecule has 1 aromatic rings. The molecule has 0 fully saturated rings. The molecule has 0 saturated carbocycles. The van der Waals surface area contributed by atoms with Gasteiger partial charge in [-0.3, -0.25) is 0 Å². The fourth-order valence-electron chi connectivity index (χ4n) is 1.44. The minimum absolute atomic E-state index is 0.236. The van der Waals surface area contributed by atoms with Crippen LogP contribution in [0.1, 0.15) is 37.9 Å². The lowest BCUT2D eigenvalue weighted by atomic mass is 10.1. The molecule has 0 aliphatic carbocycles. The van der Waals surface area contributed by atoms with E-state index in [1.54, 1.807) is 0 Å². The fraction of sp³-hybridized carbons (Fsp3) is 0.462. The van der Waals surface area contributed by atoms with E-state index in [-0.39, 0.29) is 6.04 Å². The van der Waals surface area contributed by atoms with Crippen LogP contribution >= 0.6 is 12.2 Å². The first kappa shape index (κ1) is 13.0. The van der Waals surface area contributed by atoms with E-state index in [1.807, 2.05) is 0 Å². The van der Waals surface area contributed by atoms with E-state index in [0.29, 0.717) is 11.2 Å². The predicted molar refractivity (Wildman–Crippen MR) is 73.6 cm³/mol. The zero-order valence-electron chi connectivity index (χ0n) is 10.4. The third-order valence-corrected chi connectivity index (χ3v) is 2.58. The van der Waals surface area contributed by atoms with Gasteiger partial charge in [0.1, 0.15) is 0 Å². The Balaban J connectivity index is 2.55. The smallest absolute Gasteiger partial charge is 0.166 e. The fourth-order valence-corrected chi connectivity index (χ4v) is 1.85. The number of benzene rings is 1. The van der Waals surface area contributed by atoms with E-state index in [4.69, 9.17) is 12.2 Å². The highest BCUT2D eigenvalue weighted by atomic mass is 32.1. The van der Waals surface area contributed by atoms with Crippen molar-refractivity contribution >= 4 is 17.3 Å². The van der Waals surface area contributed by atoms with Crippen molar-refractivity contribution in [1.29, 1.82) is 0 Å². The second-order valence-electron chi connectivity index (χ2n) is 4.40. The van der Waals surface area contributed by atoms with Gasteiger partial charge in [-0.2, -0.15) is 0 Å². The van der Waals surface area contributed by atoms with Crippen LogP contribution in [-0.4, -0.2) is 11.2 Å². The zero-order valence-corrected chi connectivity index (χ0v) is 11.2. The minimum atomic E-state index is 0.236. The van der Waals surface area contributed by atoms with Crippen LogP contribution < -0.4 is 10.6 Å². The predicted octanol–water partition coefficient (Wildman–Crippen LogP) is 2.93. The first-order valence-electron chi connectivity index (χ1n) is 5.62. The highest BCUT2D eigenvalue weighted by Crippen LogP contribution is 2.12. The Hall–Kier alpha value is -1.09. The Morgan fingerprint density at radius 1 is 1.06 bits per heavy atom. The Labute approximate surface area is 103 Å². The van der Waals surface area contributed by atoms with Gasteiger partial charge in [0.25, 0.3) is 0 Å². The van der Waals surface area contributed by atoms with Crippen molar-refractivity contribution in [1.82, 2.24) is 10.6 Å². The van der Waals surface area contributed by atoms with Crippen LogP contribution in [0.2, 0.25) is 0 Å². The van der Waals surface area contributed by atoms with Gasteiger partial charge in [-0.25, -0.2) is 0 Å². The molecule has 16 heavy (non-hydrogen) atoms. The highest BCUT2D eigenvalue weighted by Gasteiger charge is 2.06. The van der Waals surface area contributed by atoms with E-state index in [1.165, 1.54) is 11.1 Å². The van der Waals surface area contributed by atoms with Crippen molar-refractivity contribution in [2.24, 2.45) is 0 Å². The topological polar surface area (TPSA) is 24.1 Å². The first-order chi connectivity index (χ1) is 7.49. The summed E-state index contributed by atoms with van der Waals surface area (Å²) in [4.78, 5) is 0. The first-order valence-corrected chi connectivity index (χ1v) is 6.03. The summed E-state index contributed by atoms with van der Waals surface area (Å²) in [6.45, 7) is 8.35. The molecule has 0 amide bonds. The van der Waals surface area contributed by atoms with Gasteiger partial charge in [0.05, 0.1) is 6.04 Å². The normalized spacial score (nSPS) is 12.3. The molecule has 0 spiro atoms. The number of aryl methyl sites for hydroxylation is 1. The maximum Gasteiger partial charge on any atom is 0.166 e. The molecule has 1 unspecified atom stereocenters. The van der Waals surface area contributed by atoms with Crippen LogP contribution in [0.3, 0.4) is 0 Å². The molecule has 2 nitrogen and oxygen atoms in total. The highest BCUT2D eigenvalue weighted by molar-refractivity contribution is 7.80. The van der Waals surface area contributed by atoms with E-state index in [0.717, 1.165) is 0 Å². The van der Waals surface area contributed by atoms with Gasteiger partial charge < -0.3 is 10.6 Å². The largest absolute Gasteiger partial charge is 0.361 e.